The molecule has 0 fully saturated rings. The molecule has 5 nitrogen and oxygen atoms in total. The molecule has 4 N–H and O–H groups in total. The maximum absolute atomic E-state index is 10.2. The quantitative estimate of drug-likeness (QED) is 0.246. The summed E-state index contributed by atoms with van der Waals surface area (Å²) in [5.41, 5.74) is 4.53. The van der Waals surface area contributed by atoms with Crippen LogP contribution in [0.1, 0.15) is 0 Å². The summed E-state index contributed by atoms with van der Waals surface area (Å²) in [4.78, 5) is 19.7. The summed E-state index contributed by atoms with van der Waals surface area (Å²) in [5, 5.41) is 0.965. The van der Waals surface area contributed by atoms with Crippen LogP contribution in [0.4, 0.5) is 0 Å². The van der Waals surface area contributed by atoms with Crippen LogP contribution in [0.2, 0.25) is 0 Å². The lowest BCUT2D eigenvalue weighted by Gasteiger charge is -2.03. The number of nitrogens with two attached hydrogens (primary N) is 2. The first kappa shape index (κ1) is 13.0. The van der Waals surface area contributed by atoms with Gasteiger partial charge in [0.05, 0.1) is 0 Å². The van der Waals surface area contributed by atoms with Crippen molar-refractivity contribution in [2.75, 3.05) is 7.05 Å². The Morgan fingerprint density at radius 3 is 1.67 bits per heavy atom. The molecule has 68 valence electrons. The minimum absolute atomic E-state index is 0.278. The molecule has 0 heterocycles. The van der Waals surface area contributed by atoms with Crippen LogP contribution in [0.3, 0.4) is 0 Å². The number of rotatable bonds is 2. The normalized spacial score (nSPS) is 7.17. The molecule has 0 bridgehead atoms. The van der Waals surface area contributed by atoms with Crippen molar-refractivity contribution in [2.45, 2.75) is 0 Å². The highest BCUT2D eigenvalue weighted by Crippen LogP contribution is 1.70. The molecule has 0 rings (SSSR count). The third-order valence-corrected chi connectivity index (χ3v) is 0.723. The van der Waals surface area contributed by atoms with Gasteiger partial charge < -0.3 is 5.73 Å². The number of hydrazine groups is 1. The molecule has 0 atom stereocenters. The first-order chi connectivity index (χ1) is 5.45. The Bertz CT molecular complexity index is 187. The molecule has 12 heavy (non-hydrogen) atoms. The van der Waals surface area contributed by atoms with E-state index >= 15 is 0 Å². The van der Waals surface area contributed by atoms with Crippen LogP contribution < -0.4 is 11.6 Å². The van der Waals surface area contributed by atoms with E-state index in [4.69, 9.17) is 5.84 Å². The van der Waals surface area contributed by atoms with Gasteiger partial charge in [-0.15, -0.1) is 0 Å². The van der Waals surface area contributed by atoms with Gasteiger partial charge in [0, 0.05) is 7.05 Å². The van der Waals surface area contributed by atoms with Gasteiger partial charge in [0.15, 0.2) is 0 Å². The topological polar surface area (TPSA) is 89.4 Å². The molecule has 0 aromatic heterocycles. The number of nitrogens with zero attached hydrogens (tertiary/aromatic N) is 1. The summed E-state index contributed by atoms with van der Waals surface area (Å²) >= 11 is 0. The van der Waals surface area contributed by atoms with Gasteiger partial charge in [-0.05, 0) is 12.2 Å². The van der Waals surface area contributed by atoms with Gasteiger partial charge in [0.2, 0.25) is 5.91 Å². The second-order valence-electron chi connectivity index (χ2n) is 1.76. The van der Waals surface area contributed by atoms with Gasteiger partial charge in [0.1, 0.15) is 0 Å². The van der Waals surface area contributed by atoms with Crippen LogP contribution in [0, 0.1) is 0 Å². The lowest BCUT2D eigenvalue weighted by atomic mass is 10.6. The number of hydrogen-bond donors (Lipinski definition) is 2. The lowest BCUT2D eigenvalue weighted by Crippen LogP contribution is -2.31. The molecule has 0 saturated heterocycles. The van der Waals surface area contributed by atoms with Crippen molar-refractivity contribution < 1.29 is 9.59 Å². The molecule has 0 radical (unpaired) electrons. The minimum Gasteiger partial charge on any atom is -0.366 e. The molecule has 0 aromatic rings. The molecule has 0 aliphatic heterocycles. The Balaban J connectivity index is 0. The first-order valence-corrected chi connectivity index (χ1v) is 3.02. The van der Waals surface area contributed by atoms with Crippen molar-refractivity contribution in [1.29, 1.82) is 0 Å². The number of likely N-dealkylation sites (N-methyl/N-ethyl adjacent to an activating group) is 1. The summed E-state index contributed by atoms with van der Waals surface area (Å²) in [7, 11) is 1.46. The Morgan fingerprint density at radius 1 is 1.33 bits per heavy atom. The monoisotopic (exact) mass is 171 g/mol. The first-order valence-electron chi connectivity index (χ1n) is 3.02. The maximum Gasteiger partial charge on any atom is 0.259 e. The van der Waals surface area contributed by atoms with E-state index < -0.39 is 5.91 Å². The van der Waals surface area contributed by atoms with E-state index in [1.807, 2.05) is 0 Å². The number of carbonyl (C=O) groups is 2. The Hall–Kier alpha value is -1.62. The molecule has 5 heteroatoms. The highest BCUT2D eigenvalue weighted by molar-refractivity contribution is 5.86. The smallest absolute Gasteiger partial charge is 0.259 e. The molecule has 0 aliphatic rings. The van der Waals surface area contributed by atoms with E-state index in [2.05, 4.69) is 18.9 Å². The fourth-order valence-corrected chi connectivity index (χ4v) is 0.144. The zero-order valence-corrected chi connectivity index (χ0v) is 6.99. The van der Waals surface area contributed by atoms with Crippen molar-refractivity contribution >= 4 is 11.8 Å². The maximum atomic E-state index is 10.2. The van der Waals surface area contributed by atoms with Crippen LogP contribution in [-0.2, 0) is 9.59 Å². The predicted octanol–water partition coefficient (Wildman–Crippen LogP) is -0.838. The highest BCUT2D eigenvalue weighted by Gasteiger charge is 1.92. The summed E-state index contributed by atoms with van der Waals surface area (Å²) in [6.07, 6.45) is 2.21. The fourth-order valence-electron chi connectivity index (χ4n) is 0.144. The fraction of sp³-hybridized carbons (Fsp3) is 0.143. The zero-order chi connectivity index (χ0) is 10.1. The Morgan fingerprint density at radius 2 is 1.67 bits per heavy atom. The highest BCUT2D eigenvalue weighted by atomic mass is 16.2. The number of amides is 2. The third kappa shape index (κ3) is 11.2. The van der Waals surface area contributed by atoms with E-state index in [-0.39, 0.29) is 5.91 Å². The predicted molar refractivity (Wildman–Crippen MR) is 46.5 cm³/mol. The van der Waals surface area contributed by atoms with E-state index in [1.165, 1.54) is 7.05 Å². The van der Waals surface area contributed by atoms with Crippen LogP contribution in [0.25, 0.3) is 0 Å². The summed E-state index contributed by atoms with van der Waals surface area (Å²) < 4.78 is 0. The molecule has 0 saturated carbocycles. The largest absolute Gasteiger partial charge is 0.366 e. The SMILES string of the molecule is C=CC(=O)N(C)N.C=CC(N)=O. The molecular formula is C7H13N3O2. The molecule has 0 unspecified atom stereocenters. The second kappa shape index (κ2) is 7.49. The van der Waals surface area contributed by atoms with E-state index in [9.17, 15) is 9.59 Å². The minimum atomic E-state index is -0.481. The molecule has 0 spiro atoms. The second-order valence-corrected chi connectivity index (χ2v) is 1.76. The van der Waals surface area contributed by atoms with Gasteiger partial charge >= 0.3 is 0 Å². The average molecular weight is 171 g/mol. The van der Waals surface area contributed by atoms with Crippen LogP contribution in [0.15, 0.2) is 25.3 Å². The molecular weight excluding hydrogens is 158 g/mol. The van der Waals surface area contributed by atoms with E-state index in [0.717, 1.165) is 17.2 Å². The summed E-state index contributed by atoms with van der Waals surface area (Å²) in [5.74, 6) is 4.20. The lowest BCUT2D eigenvalue weighted by molar-refractivity contribution is -0.125. The van der Waals surface area contributed by atoms with Gasteiger partial charge in [-0.3, -0.25) is 14.6 Å². The van der Waals surface area contributed by atoms with E-state index in [0.29, 0.717) is 0 Å². The summed E-state index contributed by atoms with van der Waals surface area (Å²) in [6.45, 7) is 6.30. The van der Waals surface area contributed by atoms with Crippen LogP contribution in [0.5, 0.6) is 0 Å². The van der Waals surface area contributed by atoms with Crippen LogP contribution in [-0.4, -0.2) is 23.9 Å². The zero-order valence-electron chi connectivity index (χ0n) is 6.99. The Labute approximate surface area is 71.3 Å². The standard InChI is InChI=1S/C4H8N2O.C3H5NO/c1-3-4(7)6(2)5;1-2-3(4)5/h3H,1,5H2,2H3;2H,1H2,(H2,4,5). The number of primary amides is 1. The molecule has 0 aromatic carbocycles. The average Bonchev–Trinajstić information content (AvgIpc) is 2.04. The Kier molecular flexibility index (Phi) is 8.11. The molecule has 0 aliphatic carbocycles. The summed E-state index contributed by atoms with van der Waals surface area (Å²) in [6, 6.07) is 0. The van der Waals surface area contributed by atoms with Crippen molar-refractivity contribution in [3.63, 3.8) is 0 Å². The van der Waals surface area contributed by atoms with Crippen LogP contribution >= 0.6 is 0 Å². The third-order valence-electron chi connectivity index (χ3n) is 0.723. The molecule has 2 amide bonds. The number of carbonyl (C=O) groups excluding carboxylic acids is 2. The van der Waals surface area contributed by atoms with E-state index in [1.54, 1.807) is 0 Å². The van der Waals surface area contributed by atoms with Crippen molar-refractivity contribution in [3.05, 3.63) is 25.3 Å². The van der Waals surface area contributed by atoms with Gasteiger partial charge in [0.25, 0.3) is 5.91 Å². The van der Waals surface area contributed by atoms with Crippen molar-refractivity contribution in [1.82, 2.24) is 5.01 Å². The van der Waals surface area contributed by atoms with Gasteiger partial charge in [-0.1, -0.05) is 13.2 Å². The van der Waals surface area contributed by atoms with Crippen molar-refractivity contribution in [3.8, 4) is 0 Å². The van der Waals surface area contributed by atoms with Gasteiger partial charge in [-0.25, -0.2) is 5.84 Å². The van der Waals surface area contributed by atoms with Crippen molar-refractivity contribution in [2.24, 2.45) is 11.6 Å². The number of hydrogen-bond acceptors (Lipinski definition) is 3. The van der Waals surface area contributed by atoms with Gasteiger partial charge in [-0.2, -0.15) is 0 Å².